The zero-order valence-electron chi connectivity index (χ0n) is 15.0. The van der Waals surface area contributed by atoms with Crippen LogP contribution in [0.2, 0.25) is 0 Å². The number of ether oxygens (including phenoxy) is 1. The van der Waals surface area contributed by atoms with Crippen LogP contribution in [0.25, 0.3) is 10.9 Å². The highest BCUT2D eigenvalue weighted by Crippen LogP contribution is 2.29. The highest BCUT2D eigenvalue weighted by atomic mass is 19.1. The molecule has 0 atom stereocenters. The lowest BCUT2D eigenvalue weighted by Crippen LogP contribution is -2.19. The number of halogens is 2. The third-order valence-electron chi connectivity index (χ3n) is 4.94. The largest absolute Gasteiger partial charge is 0.454 e. The smallest absolute Gasteiger partial charge is 0.339 e. The van der Waals surface area contributed by atoms with Gasteiger partial charge in [0.1, 0.15) is 11.6 Å². The summed E-state index contributed by atoms with van der Waals surface area (Å²) in [5.41, 5.74) is 2.39. The highest BCUT2D eigenvalue weighted by molar-refractivity contribution is 6.06. The topological polar surface area (TPSA) is 56.3 Å². The molecule has 2 aromatic carbocycles. The normalized spacial score (nSPS) is 13.2. The molecule has 4 rings (SSSR count). The molecule has 0 saturated heterocycles. The third-order valence-corrected chi connectivity index (χ3v) is 4.94. The number of hydrogen-bond acceptors (Lipinski definition) is 4. The van der Waals surface area contributed by atoms with Crippen LogP contribution >= 0.6 is 0 Å². The fourth-order valence-corrected chi connectivity index (χ4v) is 3.60. The summed E-state index contributed by atoms with van der Waals surface area (Å²) in [6.07, 6.45) is 3.45. The van der Waals surface area contributed by atoms with Crippen molar-refractivity contribution in [1.82, 2.24) is 4.98 Å². The quantitative estimate of drug-likeness (QED) is 0.496. The molecule has 28 heavy (non-hydrogen) atoms. The minimum atomic E-state index is -0.853. The Morgan fingerprint density at radius 1 is 1.04 bits per heavy atom. The van der Waals surface area contributed by atoms with Crippen molar-refractivity contribution >= 4 is 22.7 Å². The summed E-state index contributed by atoms with van der Waals surface area (Å²) in [5, 5.41) is 0.664. The number of aryl methyl sites for hydroxylation is 1. The number of esters is 1. The Hall–Kier alpha value is -3.15. The molecule has 4 nitrogen and oxygen atoms in total. The number of ketones is 1. The van der Waals surface area contributed by atoms with Crippen molar-refractivity contribution in [2.45, 2.75) is 25.7 Å². The van der Waals surface area contributed by atoms with Crippen LogP contribution in [0.5, 0.6) is 0 Å². The molecule has 142 valence electrons. The maximum Gasteiger partial charge on any atom is 0.339 e. The van der Waals surface area contributed by atoms with Crippen LogP contribution in [0, 0.1) is 11.6 Å². The molecule has 1 aliphatic carbocycles. The van der Waals surface area contributed by atoms with Crippen molar-refractivity contribution < 1.29 is 23.1 Å². The van der Waals surface area contributed by atoms with Gasteiger partial charge >= 0.3 is 5.97 Å². The Morgan fingerprint density at radius 2 is 1.82 bits per heavy atom. The summed E-state index contributed by atoms with van der Waals surface area (Å²) in [7, 11) is 0. The number of nitrogens with zero attached hydrogens (tertiary/aromatic N) is 1. The Morgan fingerprint density at radius 3 is 2.68 bits per heavy atom. The molecule has 0 fully saturated rings. The SMILES string of the molecule is O=C(COC(=O)c1c2c(nc3ccccc13)CCCC2)c1cc(F)ccc1F. The van der Waals surface area contributed by atoms with Gasteiger partial charge in [0.2, 0.25) is 5.78 Å². The van der Waals surface area contributed by atoms with Crippen LogP contribution < -0.4 is 0 Å². The van der Waals surface area contributed by atoms with E-state index in [9.17, 15) is 18.4 Å². The second-order valence-electron chi connectivity index (χ2n) is 6.76. The van der Waals surface area contributed by atoms with E-state index in [0.29, 0.717) is 22.9 Å². The molecule has 0 amide bonds. The monoisotopic (exact) mass is 381 g/mol. The van der Waals surface area contributed by atoms with Crippen molar-refractivity contribution in [1.29, 1.82) is 0 Å². The van der Waals surface area contributed by atoms with Gasteiger partial charge in [0.15, 0.2) is 6.61 Å². The number of carbonyl (C=O) groups excluding carboxylic acids is 2. The molecule has 0 radical (unpaired) electrons. The van der Waals surface area contributed by atoms with Crippen LogP contribution in [0.3, 0.4) is 0 Å². The number of carbonyl (C=O) groups is 2. The van der Waals surface area contributed by atoms with E-state index in [2.05, 4.69) is 4.98 Å². The standard InChI is InChI=1S/C22H17F2NO3/c23-13-9-10-17(24)16(11-13)20(26)12-28-22(27)21-14-5-1-3-7-18(14)25-19-8-4-2-6-15(19)21/h1,3,5,7,9-11H,2,4,6,8,12H2. The molecular formula is C22H17F2NO3. The van der Waals surface area contributed by atoms with E-state index in [0.717, 1.165) is 48.7 Å². The number of hydrogen-bond donors (Lipinski definition) is 0. The maximum atomic E-state index is 13.8. The van der Waals surface area contributed by atoms with Crippen LogP contribution in [0.4, 0.5) is 8.78 Å². The number of fused-ring (bicyclic) bond motifs is 2. The van der Waals surface area contributed by atoms with Gasteiger partial charge < -0.3 is 4.74 Å². The van der Waals surface area contributed by atoms with Crippen LogP contribution in [0.1, 0.15) is 44.8 Å². The number of pyridine rings is 1. The van der Waals surface area contributed by atoms with Gasteiger partial charge in [-0.15, -0.1) is 0 Å². The zero-order valence-corrected chi connectivity index (χ0v) is 15.0. The molecule has 0 spiro atoms. The second kappa shape index (κ2) is 7.46. The first kappa shape index (κ1) is 18.2. The first-order valence-corrected chi connectivity index (χ1v) is 9.10. The van der Waals surface area contributed by atoms with Crippen molar-refractivity contribution in [3.8, 4) is 0 Å². The number of aromatic nitrogens is 1. The summed E-state index contributed by atoms with van der Waals surface area (Å²) >= 11 is 0. The van der Waals surface area contributed by atoms with E-state index < -0.39 is 35.6 Å². The third kappa shape index (κ3) is 3.38. The Labute approximate surface area is 160 Å². The van der Waals surface area contributed by atoms with E-state index in [4.69, 9.17) is 4.74 Å². The molecular weight excluding hydrogens is 364 g/mol. The summed E-state index contributed by atoms with van der Waals surface area (Å²) in [6, 6.07) is 9.87. The number of Topliss-reactive ketones (excluding diaryl/α,β-unsaturated/α-hetero) is 1. The maximum absolute atomic E-state index is 13.8. The van der Waals surface area contributed by atoms with Gasteiger partial charge in [0, 0.05) is 11.1 Å². The summed E-state index contributed by atoms with van der Waals surface area (Å²) in [4.78, 5) is 29.7. The van der Waals surface area contributed by atoms with Gasteiger partial charge in [0.25, 0.3) is 0 Å². The second-order valence-corrected chi connectivity index (χ2v) is 6.76. The predicted octanol–water partition coefficient (Wildman–Crippen LogP) is 4.43. The van der Waals surface area contributed by atoms with Gasteiger partial charge in [-0.05, 0) is 55.5 Å². The minimum Gasteiger partial charge on any atom is -0.454 e. The van der Waals surface area contributed by atoms with Gasteiger partial charge in [-0.1, -0.05) is 18.2 Å². The highest BCUT2D eigenvalue weighted by Gasteiger charge is 2.24. The van der Waals surface area contributed by atoms with Crippen LogP contribution in [0.15, 0.2) is 42.5 Å². The van der Waals surface area contributed by atoms with Gasteiger partial charge in [-0.3, -0.25) is 9.78 Å². The molecule has 0 bridgehead atoms. The van der Waals surface area contributed by atoms with Crippen molar-refractivity contribution in [2.75, 3.05) is 6.61 Å². The summed E-state index contributed by atoms with van der Waals surface area (Å²) in [5.74, 6) is -3.03. The number of benzene rings is 2. The fraction of sp³-hybridized carbons (Fsp3) is 0.227. The lowest BCUT2D eigenvalue weighted by Gasteiger charge is -2.19. The molecule has 0 N–H and O–H groups in total. The van der Waals surface area contributed by atoms with Crippen LogP contribution in [-0.4, -0.2) is 23.3 Å². The Bertz CT molecular complexity index is 1090. The fourth-order valence-electron chi connectivity index (χ4n) is 3.60. The summed E-state index contributed by atoms with van der Waals surface area (Å²) < 4.78 is 32.3. The van der Waals surface area contributed by atoms with Gasteiger partial charge in [0.05, 0.1) is 16.6 Å². The average Bonchev–Trinajstić information content (AvgIpc) is 2.71. The molecule has 1 aromatic heterocycles. The molecule has 0 aliphatic heterocycles. The number of rotatable bonds is 4. The molecule has 1 aliphatic rings. The van der Waals surface area contributed by atoms with Crippen molar-refractivity contribution in [2.24, 2.45) is 0 Å². The Kier molecular flexibility index (Phi) is 4.86. The predicted molar refractivity (Wildman–Crippen MR) is 99.4 cm³/mol. The number of para-hydroxylation sites is 1. The Balaban J connectivity index is 1.64. The first-order valence-electron chi connectivity index (χ1n) is 9.10. The molecule has 0 unspecified atom stereocenters. The van der Waals surface area contributed by atoms with E-state index in [-0.39, 0.29) is 0 Å². The molecule has 3 aromatic rings. The first-order chi connectivity index (χ1) is 13.5. The summed E-state index contributed by atoms with van der Waals surface area (Å²) in [6.45, 7) is -0.662. The lowest BCUT2D eigenvalue weighted by molar-refractivity contribution is 0.0474. The van der Waals surface area contributed by atoms with E-state index in [1.807, 2.05) is 18.2 Å². The minimum absolute atomic E-state index is 0.410. The van der Waals surface area contributed by atoms with Crippen LogP contribution in [-0.2, 0) is 17.6 Å². The average molecular weight is 381 g/mol. The van der Waals surface area contributed by atoms with Crippen molar-refractivity contribution in [3.05, 3.63) is 76.5 Å². The van der Waals surface area contributed by atoms with Gasteiger partial charge in [-0.25, -0.2) is 13.6 Å². The molecule has 1 heterocycles. The van der Waals surface area contributed by atoms with E-state index in [1.165, 1.54) is 0 Å². The molecule has 6 heteroatoms. The zero-order chi connectivity index (χ0) is 19.7. The van der Waals surface area contributed by atoms with Crippen molar-refractivity contribution in [3.63, 3.8) is 0 Å². The van der Waals surface area contributed by atoms with E-state index in [1.54, 1.807) is 6.07 Å². The lowest BCUT2D eigenvalue weighted by atomic mass is 9.90. The molecule has 0 saturated carbocycles. The van der Waals surface area contributed by atoms with E-state index >= 15 is 0 Å². The van der Waals surface area contributed by atoms with Gasteiger partial charge in [-0.2, -0.15) is 0 Å².